The van der Waals surface area contributed by atoms with Gasteiger partial charge in [-0.2, -0.15) is 4.98 Å². The molecule has 22 heavy (non-hydrogen) atoms. The number of hydrogen-bond acceptors (Lipinski definition) is 5. The van der Waals surface area contributed by atoms with E-state index >= 15 is 0 Å². The van der Waals surface area contributed by atoms with Crippen LogP contribution in [0, 0.1) is 5.92 Å². The summed E-state index contributed by atoms with van der Waals surface area (Å²) >= 11 is 0. The predicted molar refractivity (Wildman–Crippen MR) is 84.4 cm³/mol. The standard InChI is InChI=1S/C17H23N3O2/c1-21-15-10-6-5-9-13(15)16-19-17(22-20-16)14(18)11-12-7-3-2-4-8-12/h5-6,9-10,12,14H,2-4,7-8,11,18H2,1H3. The molecule has 1 aliphatic rings. The zero-order valence-corrected chi connectivity index (χ0v) is 13.0. The molecule has 118 valence electrons. The molecule has 1 unspecified atom stereocenters. The zero-order chi connectivity index (χ0) is 15.4. The third-order valence-corrected chi connectivity index (χ3v) is 4.42. The number of nitrogens with zero attached hydrogens (tertiary/aromatic N) is 2. The second-order valence-electron chi connectivity index (χ2n) is 6.00. The molecule has 1 fully saturated rings. The quantitative estimate of drug-likeness (QED) is 0.911. The molecule has 2 aromatic rings. The second kappa shape index (κ2) is 6.92. The van der Waals surface area contributed by atoms with Crippen LogP contribution < -0.4 is 10.5 Å². The molecular weight excluding hydrogens is 278 g/mol. The van der Waals surface area contributed by atoms with Crippen LogP contribution in [0.3, 0.4) is 0 Å². The minimum Gasteiger partial charge on any atom is -0.496 e. The Morgan fingerprint density at radius 2 is 2.05 bits per heavy atom. The molecule has 0 radical (unpaired) electrons. The first-order chi connectivity index (χ1) is 10.8. The summed E-state index contributed by atoms with van der Waals surface area (Å²) in [5.74, 6) is 2.47. The highest BCUT2D eigenvalue weighted by Gasteiger charge is 2.22. The highest BCUT2D eigenvalue weighted by molar-refractivity contribution is 5.63. The molecule has 3 rings (SSSR count). The Hall–Kier alpha value is -1.88. The van der Waals surface area contributed by atoms with Crippen molar-refractivity contribution in [2.75, 3.05) is 7.11 Å². The van der Waals surface area contributed by atoms with E-state index in [0.29, 0.717) is 17.6 Å². The monoisotopic (exact) mass is 301 g/mol. The number of rotatable bonds is 5. The molecule has 0 bridgehead atoms. The first kappa shape index (κ1) is 15.0. The van der Waals surface area contributed by atoms with Crippen LogP contribution in [-0.4, -0.2) is 17.3 Å². The molecule has 0 spiro atoms. The summed E-state index contributed by atoms with van der Waals surface area (Å²) in [6, 6.07) is 7.46. The molecule has 0 aliphatic heterocycles. The van der Waals surface area contributed by atoms with Gasteiger partial charge >= 0.3 is 0 Å². The van der Waals surface area contributed by atoms with Gasteiger partial charge in [0.1, 0.15) is 5.75 Å². The van der Waals surface area contributed by atoms with E-state index in [0.717, 1.165) is 17.7 Å². The lowest BCUT2D eigenvalue weighted by molar-refractivity contribution is 0.284. The van der Waals surface area contributed by atoms with Gasteiger partial charge in [0.15, 0.2) is 0 Å². The Morgan fingerprint density at radius 3 is 2.82 bits per heavy atom. The summed E-state index contributed by atoms with van der Waals surface area (Å²) < 4.78 is 10.7. The highest BCUT2D eigenvalue weighted by atomic mass is 16.5. The maximum Gasteiger partial charge on any atom is 0.243 e. The summed E-state index contributed by atoms with van der Waals surface area (Å²) in [5, 5.41) is 4.06. The average molecular weight is 301 g/mol. The van der Waals surface area contributed by atoms with Crippen molar-refractivity contribution >= 4 is 0 Å². The van der Waals surface area contributed by atoms with Crippen molar-refractivity contribution < 1.29 is 9.26 Å². The summed E-state index contributed by atoms with van der Waals surface area (Å²) in [7, 11) is 1.63. The maximum atomic E-state index is 6.26. The Labute approximate surface area is 130 Å². The lowest BCUT2D eigenvalue weighted by atomic mass is 9.85. The molecule has 1 aliphatic carbocycles. The normalized spacial score (nSPS) is 17.4. The van der Waals surface area contributed by atoms with E-state index in [-0.39, 0.29) is 6.04 Å². The van der Waals surface area contributed by atoms with Crippen molar-refractivity contribution in [1.29, 1.82) is 0 Å². The Morgan fingerprint density at radius 1 is 1.27 bits per heavy atom. The molecule has 0 amide bonds. The van der Waals surface area contributed by atoms with Crippen molar-refractivity contribution in [2.45, 2.75) is 44.6 Å². The number of ether oxygens (including phenoxy) is 1. The van der Waals surface area contributed by atoms with Gasteiger partial charge in [-0.15, -0.1) is 0 Å². The first-order valence-electron chi connectivity index (χ1n) is 8.00. The number of hydrogen-bond donors (Lipinski definition) is 1. The smallest absolute Gasteiger partial charge is 0.243 e. The fraction of sp³-hybridized carbons (Fsp3) is 0.529. The fourth-order valence-corrected chi connectivity index (χ4v) is 3.21. The number of aromatic nitrogens is 2. The average Bonchev–Trinajstić information content (AvgIpc) is 3.05. The Bertz CT molecular complexity index is 605. The Balaban J connectivity index is 1.72. The molecule has 1 atom stereocenters. The molecule has 5 heteroatoms. The van der Waals surface area contributed by atoms with E-state index in [2.05, 4.69) is 10.1 Å². The third kappa shape index (κ3) is 3.30. The van der Waals surface area contributed by atoms with Crippen molar-refractivity contribution in [3.05, 3.63) is 30.2 Å². The molecule has 1 aromatic carbocycles. The van der Waals surface area contributed by atoms with Crippen LogP contribution in [0.1, 0.15) is 50.5 Å². The van der Waals surface area contributed by atoms with Gasteiger partial charge in [0, 0.05) is 0 Å². The van der Waals surface area contributed by atoms with Crippen LogP contribution in [0.15, 0.2) is 28.8 Å². The van der Waals surface area contributed by atoms with Crippen molar-refractivity contribution in [3.8, 4) is 17.1 Å². The van der Waals surface area contributed by atoms with Gasteiger partial charge in [-0.05, 0) is 24.5 Å². The van der Waals surface area contributed by atoms with Gasteiger partial charge in [-0.3, -0.25) is 0 Å². The van der Waals surface area contributed by atoms with Crippen molar-refractivity contribution in [1.82, 2.24) is 10.1 Å². The van der Waals surface area contributed by atoms with Crippen LogP contribution >= 0.6 is 0 Å². The van der Waals surface area contributed by atoms with Crippen LogP contribution in [0.4, 0.5) is 0 Å². The van der Waals surface area contributed by atoms with Crippen LogP contribution in [-0.2, 0) is 0 Å². The first-order valence-corrected chi connectivity index (χ1v) is 8.00. The lowest BCUT2D eigenvalue weighted by Crippen LogP contribution is -2.17. The molecule has 1 aromatic heterocycles. The van der Waals surface area contributed by atoms with Gasteiger partial charge < -0.3 is 15.0 Å². The van der Waals surface area contributed by atoms with Crippen LogP contribution in [0.5, 0.6) is 5.75 Å². The van der Waals surface area contributed by atoms with Crippen LogP contribution in [0.25, 0.3) is 11.4 Å². The van der Waals surface area contributed by atoms with Crippen LogP contribution in [0.2, 0.25) is 0 Å². The van der Waals surface area contributed by atoms with Gasteiger partial charge in [-0.25, -0.2) is 0 Å². The molecular formula is C17H23N3O2. The topological polar surface area (TPSA) is 74.2 Å². The molecule has 0 saturated heterocycles. The Kier molecular flexibility index (Phi) is 4.73. The summed E-state index contributed by atoms with van der Waals surface area (Å²) in [5.41, 5.74) is 7.08. The fourth-order valence-electron chi connectivity index (χ4n) is 3.21. The maximum absolute atomic E-state index is 6.26. The van der Waals surface area contributed by atoms with Crippen molar-refractivity contribution in [2.24, 2.45) is 11.7 Å². The predicted octanol–water partition coefficient (Wildman–Crippen LogP) is 3.72. The molecule has 1 saturated carbocycles. The zero-order valence-electron chi connectivity index (χ0n) is 13.0. The number of methoxy groups -OCH3 is 1. The van der Waals surface area contributed by atoms with E-state index in [1.165, 1.54) is 32.1 Å². The van der Waals surface area contributed by atoms with E-state index in [1.807, 2.05) is 24.3 Å². The minimum atomic E-state index is -0.181. The molecule has 2 N–H and O–H groups in total. The number of para-hydroxylation sites is 1. The second-order valence-corrected chi connectivity index (χ2v) is 6.00. The summed E-state index contributed by atoms with van der Waals surface area (Å²) in [4.78, 5) is 4.47. The highest BCUT2D eigenvalue weighted by Crippen LogP contribution is 2.32. The van der Waals surface area contributed by atoms with Gasteiger partial charge in [0.2, 0.25) is 11.7 Å². The SMILES string of the molecule is COc1ccccc1-c1noc(C(N)CC2CCCCC2)n1. The molecule has 5 nitrogen and oxygen atoms in total. The third-order valence-electron chi connectivity index (χ3n) is 4.42. The van der Waals surface area contributed by atoms with Gasteiger partial charge in [0.05, 0.1) is 18.7 Å². The van der Waals surface area contributed by atoms with Gasteiger partial charge in [-0.1, -0.05) is 49.4 Å². The van der Waals surface area contributed by atoms with Crippen molar-refractivity contribution in [3.63, 3.8) is 0 Å². The summed E-state index contributed by atoms with van der Waals surface area (Å²) in [6.07, 6.45) is 7.43. The lowest BCUT2D eigenvalue weighted by Gasteiger charge is -2.22. The minimum absolute atomic E-state index is 0.181. The van der Waals surface area contributed by atoms with E-state index in [1.54, 1.807) is 7.11 Å². The van der Waals surface area contributed by atoms with E-state index in [9.17, 15) is 0 Å². The number of benzene rings is 1. The largest absolute Gasteiger partial charge is 0.496 e. The van der Waals surface area contributed by atoms with E-state index < -0.39 is 0 Å². The number of nitrogens with two attached hydrogens (primary N) is 1. The van der Waals surface area contributed by atoms with E-state index in [4.69, 9.17) is 15.0 Å². The van der Waals surface area contributed by atoms with Gasteiger partial charge in [0.25, 0.3) is 0 Å². The molecule has 1 heterocycles. The summed E-state index contributed by atoms with van der Waals surface area (Å²) in [6.45, 7) is 0.